The number of aromatic nitrogens is 2. The number of aromatic amines is 1. The van der Waals surface area contributed by atoms with Gasteiger partial charge in [0.2, 0.25) is 0 Å². The summed E-state index contributed by atoms with van der Waals surface area (Å²) in [4.78, 5) is 8.00. The number of H-pyrrole nitrogens is 1. The maximum absolute atomic E-state index is 10.7. The van der Waals surface area contributed by atoms with E-state index >= 15 is 0 Å². The van der Waals surface area contributed by atoms with Gasteiger partial charge in [0.05, 0.1) is 5.60 Å². The second-order valence-corrected chi connectivity index (χ2v) is 8.34. The van der Waals surface area contributed by atoms with Crippen LogP contribution in [-0.4, -0.2) is 27.2 Å². The van der Waals surface area contributed by atoms with Gasteiger partial charge >= 0.3 is 0 Å². The minimum absolute atomic E-state index is 0.543. The second kappa shape index (κ2) is 6.68. The molecule has 2 aromatic heterocycles. The highest BCUT2D eigenvalue weighted by Crippen LogP contribution is 2.41. The molecule has 2 aliphatic carbocycles. The molecule has 1 aromatic carbocycles. The summed E-state index contributed by atoms with van der Waals surface area (Å²) in [7, 11) is 0. The number of hydrogen-bond acceptors (Lipinski definition) is 3. The number of anilines is 1. The van der Waals surface area contributed by atoms with Crippen molar-refractivity contribution in [3.8, 4) is 11.1 Å². The summed E-state index contributed by atoms with van der Waals surface area (Å²) < 4.78 is 0. The summed E-state index contributed by atoms with van der Waals surface area (Å²) in [6.07, 6.45) is 9.79. The molecular weight excluding hydrogens is 334 g/mol. The Balaban J connectivity index is 1.35. The molecule has 0 amide bonds. The summed E-state index contributed by atoms with van der Waals surface area (Å²) in [5, 5.41) is 15.3. The predicted octanol–water partition coefficient (Wildman–Crippen LogP) is 5.21. The fourth-order valence-electron chi connectivity index (χ4n) is 4.33. The summed E-state index contributed by atoms with van der Waals surface area (Å²) in [5.41, 5.74) is 5.25. The van der Waals surface area contributed by atoms with Crippen LogP contribution < -0.4 is 5.32 Å². The van der Waals surface area contributed by atoms with Gasteiger partial charge in [-0.25, -0.2) is 4.98 Å². The number of fused-ring (bicyclic) bond motifs is 1. The summed E-state index contributed by atoms with van der Waals surface area (Å²) in [6, 6.07) is 12.9. The number of pyridine rings is 1. The molecule has 3 N–H and O–H groups in total. The van der Waals surface area contributed by atoms with Crippen molar-refractivity contribution in [1.29, 1.82) is 0 Å². The quantitative estimate of drug-likeness (QED) is 0.584. The van der Waals surface area contributed by atoms with E-state index < -0.39 is 5.60 Å². The molecule has 27 heavy (non-hydrogen) atoms. The normalized spacial score (nSPS) is 19.3. The molecule has 0 aliphatic heterocycles. The van der Waals surface area contributed by atoms with E-state index in [9.17, 15) is 5.11 Å². The van der Waals surface area contributed by atoms with E-state index in [1.807, 2.05) is 6.20 Å². The Morgan fingerprint density at radius 1 is 1.07 bits per heavy atom. The lowest BCUT2D eigenvalue weighted by Gasteiger charge is -2.32. The molecule has 2 aliphatic rings. The van der Waals surface area contributed by atoms with Crippen molar-refractivity contribution >= 4 is 16.7 Å². The Morgan fingerprint density at radius 3 is 2.59 bits per heavy atom. The molecule has 0 atom stereocenters. The molecule has 4 nitrogen and oxygen atoms in total. The highest BCUT2D eigenvalue weighted by Gasteiger charge is 2.28. The molecule has 2 saturated carbocycles. The van der Waals surface area contributed by atoms with Crippen molar-refractivity contribution in [2.45, 2.75) is 56.5 Å². The van der Waals surface area contributed by atoms with E-state index in [1.54, 1.807) is 0 Å². The van der Waals surface area contributed by atoms with Crippen LogP contribution in [0.1, 0.15) is 56.6 Å². The molecule has 0 radical (unpaired) electrons. The van der Waals surface area contributed by atoms with E-state index in [2.05, 4.69) is 51.7 Å². The van der Waals surface area contributed by atoms with Crippen LogP contribution in [-0.2, 0) is 0 Å². The van der Waals surface area contributed by atoms with Gasteiger partial charge in [-0.1, -0.05) is 31.4 Å². The average Bonchev–Trinajstić information content (AvgIpc) is 3.46. The Hall–Kier alpha value is -2.33. The first-order chi connectivity index (χ1) is 13.2. The zero-order valence-electron chi connectivity index (χ0n) is 15.7. The minimum Gasteiger partial charge on any atom is -0.388 e. The van der Waals surface area contributed by atoms with Crippen LogP contribution in [0.4, 0.5) is 5.69 Å². The van der Waals surface area contributed by atoms with Gasteiger partial charge in [-0.3, -0.25) is 0 Å². The first-order valence-electron chi connectivity index (χ1n) is 10.2. The van der Waals surface area contributed by atoms with E-state index in [0.29, 0.717) is 12.5 Å². The molecule has 0 bridgehead atoms. The van der Waals surface area contributed by atoms with Crippen LogP contribution >= 0.6 is 0 Å². The SMILES string of the molecule is OC1(CNc2ccc(-c3ccnc4[nH]c(C5CC5)cc34)cc2)CCCCC1. The number of benzene rings is 1. The van der Waals surface area contributed by atoms with Crippen molar-refractivity contribution in [3.05, 3.63) is 48.3 Å². The second-order valence-electron chi connectivity index (χ2n) is 8.34. The van der Waals surface area contributed by atoms with E-state index in [0.717, 1.165) is 37.0 Å². The first-order valence-corrected chi connectivity index (χ1v) is 10.2. The Kier molecular flexibility index (Phi) is 4.16. The van der Waals surface area contributed by atoms with Crippen LogP contribution in [0.15, 0.2) is 42.6 Å². The molecule has 140 valence electrons. The molecule has 2 heterocycles. The molecule has 0 saturated heterocycles. The van der Waals surface area contributed by atoms with Gasteiger partial charge in [-0.2, -0.15) is 0 Å². The zero-order chi connectivity index (χ0) is 18.3. The maximum Gasteiger partial charge on any atom is 0.138 e. The summed E-state index contributed by atoms with van der Waals surface area (Å²) in [5.74, 6) is 0.698. The van der Waals surface area contributed by atoms with Gasteiger partial charge in [0.15, 0.2) is 0 Å². The molecule has 5 rings (SSSR count). The fourth-order valence-corrected chi connectivity index (χ4v) is 4.33. The topological polar surface area (TPSA) is 60.9 Å². The first kappa shape index (κ1) is 16.8. The van der Waals surface area contributed by atoms with Crippen LogP contribution in [0.2, 0.25) is 0 Å². The van der Waals surface area contributed by atoms with Gasteiger partial charge in [0.25, 0.3) is 0 Å². The van der Waals surface area contributed by atoms with Crippen molar-refractivity contribution in [2.75, 3.05) is 11.9 Å². The average molecular weight is 361 g/mol. The van der Waals surface area contributed by atoms with Crippen molar-refractivity contribution in [3.63, 3.8) is 0 Å². The molecule has 0 unspecified atom stereocenters. The Bertz CT molecular complexity index is 934. The highest BCUT2D eigenvalue weighted by atomic mass is 16.3. The van der Waals surface area contributed by atoms with Gasteiger partial charge < -0.3 is 15.4 Å². The molecule has 2 fully saturated rings. The van der Waals surface area contributed by atoms with Gasteiger partial charge in [0.1, 0.15) is 5.65 Å². The van der Waals surface area contributed by atoms with Crippen LogP contribution in [0, 0.1) is 0 Å². The smallest absolute Gasteiger partial charge is 0.138 e. The Labute approximate surface area is 160 Å². The fraction of sp³-hybridized carbons (Fsp3) is 0.435. The summed E-state index contributed by atoms with van der Waals surface area (Å²) >= 11 is 0. The van der Waals surface area contributed by atoms with Gasteiger partial charge in [0, 0.05) is 29.5 Å². The Morgan fingerprint density at radius 2 is 1.85 bits per heavy atom. The zero-order valence-corrected chi connectivity index (χ0v) is 15.7. The summed E-state index contributed by atoms with van der Waals surface area (Å²) in [6.45, 7) is 0.633. The third-order valence-electron chi connectivity index (χ3n) is 6.17. The lowest BCUT2D eigenvalue weighted by molar-refractivity contribution is 0.0167. The monoisotopic (exact) mass is 361 g/mol. The van der Waals surface area contributed by atoms with Crippen LogP contribution in [0.3, 0.4) is 0 Å². The number of hydrogen-bond donors (Lipinski definition) is 3. The van der Waals surface area contributed by atoms with E-state index in [-0.39, 0.29) is 0 Å². The third kappa shape index (κ3) is 3.46. The molecule has 4 heteroatoms. The van der Waals surface area contributed by atoms with Crippen molar-refractivity contribution in [1.82, 2.24) is 9.97 Å². The lowest BCUT2D eigenvalue weighted by Crippen LogP contribution is -2.38. The van der Waals surface area contributed by atoms with E-state index in [1.165, 1.54) is 41.5 Å². The molecular formula is C23H27N3O. The van der Waals surface area contributed by atoms with Crippen LogP contribution in [0.5, 0.6) is 0 Å². The molecule has 0 spiro atoms. The maximum atomic E-state index is 10.7. The third-order valence-corrected chi connectivity index (χ3v) is 6.17. The van der Waals surface area contributed by atoms with E-state index in [4.69, 9.17) is 0 Å². The highest BCUT2D eigenvalue weighted by molar-refractivity contribution is 5.93. The van der Waals surface area contributed by atoms with Gasteiger partial charge in [-0.05, 0) is 67.0 Å². The lowest BCUT2D eigenvalue weighted by atomic mass is 9.85. The predicted molar refractivity (Wildman–Crippen MR) is 110 cm³/mol. The van der Waals surface area contributed by atoms with Crippen molar-refractivity contribution < 1.29 is 5.11 Å². The largest absolute Gasteiger partial charge is 0.388 e. The van der Waals surface area contributed by atoms with Gasteiger partial charge in [-0.15, -0.1) is 0 Å². The molecule has 3 aromatic rings. The minimum atomic E-state index is -0.543. The number of rotatable bonds is 5. The number of aliphatic hydroxyl groups is 1. The number of nitrogens with zero attached hydrogens (tertiary/aromatic N) is 1. The van der Waals surface area contributed by atoms with Crippen molar-refractivity contribution in [2.24, 2.45) is 0 Å². The van der Waals surface area contributed by atoms with Crippen LogP contribution in [0.25, 0.3) is 22.2 Å². The standard InChI is InChI=1S/C23H27N3O/c27-23(11-2-1-3-12-23)15-25-18-8-6-16(7-9-18)19-10-13-24-22-20(19)14-21(26-22)17-4-5-17/h6-10,13-14,17,25,27H,1-5,11-12,15H2,(H,24,26). The number of nitrogens with one attached hydrogen (secondary N) is 2.